The zero-order valence-electron chi connectivity index (χ0n) is 20.8. The Morgan fingerprint density at radius 2 is 0.821 bits per heavy atom. The van der Waals surface area contributed by atoms with E-state index in [0.29, 0.717) is 14.5 Å². The van der Waals surface area contributed by atoms with Crippen LogP contribution in [0.15, 0.2) is 120 Å². The van der Waals surface area contributed by atoms with E-state index in [2.05, 4.69) is 120 Å². The molecule has 0 N–H and O–H groups in total. The van der Waals surface area contributed by atoms with Crippen LogP contribution >= 0.6 is 22.7 Å². The Bertz CT molecular complexity index is 2200. The summed E-state index contributed by atoms with van der Waals surface area (Å²) in [4.78, 5) is 2.65. The Kier molecular flexibility index (Phi) is 4.76. The van der Waals surface area contributed by atoms with Gasteiger partial charge in [-0.1, -0.05) is 0 Å². The van der Waals surface area contributed by atoms with Crippen LogP contribution in [0.3, 0.4) is 0 Å². The Morgan fingerprint density at radius 3 is 1.28 bits per heavy atom. The average molecular weight is 596 g/mol. The summed E-state index contributed by atoms with van der Waals surface area (Å²) in [5, 5.41) is 17.7. The van der Waals surface area contributed by atoms with Crippen molar-refractivity contribution in [1.29, 1.82) is 0 Å². The summed E-state index contributed by atoms with van der Waals surface area (Å²) in [6.07, 6.45) is 0. The fraction of sp³-hybridized carbons (Fsp3) is 0. The molecule has 3 aromatic heterocycles. The predicted molar refractivity (Wildman–Crippen MR) is 175 cm³/mol. The van der Waals surface area contributed by atoms with Crippen molar-refractivity contribution in [2.24, 2.45) is 0 Å². The Morgan fingerprint density at radius 1 is 0.385 bits per heavy atom. The van der Waals surface area contributed by atoms with Crippen LogP contribution in [0.2, 0.25) is 0 Å². The van der Waals surface area contributed by atoms with E-state index in [1.54, 1.807) is 22.7 Å². The standard InChI is InChI=1S/C36H20S2Se/c1-3-33(37-9-1)23-7-5-21-11-29-19-35-31(17-27(29)15-25(21)13-23)32-18-28-16-26-14-24(34-4-2-10-38-34)8-6-22(26)12-30(28)20-36(32)39-35/h1-20H. The van der Waals surface area contributed by atoms with Crippen LogP contribution in [0.4, 0.5) is 0 Å². The van der Waals surface area contributed by atoms with Gasteiger partial charge in [-0.25, -0.2) is 0 Å². The number of hydrogen-bond acceptors (Lipinski definition) is 2. The maximum atomic E-state index is 2.45. The van der Waals surface area contributed by atoms with Crippen LogP contribution < -0.4 is 0 Å². The molecule has 3 heterocycles. The molecule has 182 valence electrons. The molecule has 9 rings (SSSR count). The second kappa shape index (κ2) is 8.39. The van der Waals surface area contributed by atoms with Gasteiger partial charge in [0.05, 0.1) is 0 Å². The number of thiophene rings is 2. The van der Waals surface area contributed by atoms with Gasteiger partial charge in [0.15, 0.2) is 0 Å². The van der Waals surface area contributed by atoms with Gasteiger partial charge in [0.2, 0.25) is 0 Å². The molecule has 0 fully saturated rings. The van der Waals surface area contributed by atoms with E-state index in [-0.39, 0.29) is 0 Å². The average Bonchev–Trinajstić information content (AvgIpc) is 3.74. The summed E-state index contributed by atoms with van der Waals surface area (Å²) in [6.45, 7) is 0. The zero-order chi connectivity index (χ0) is 25.5. The number of fused-ring (bicyclic) bond motifs is 7. The molecule has 9 aromatic rings. The summed E-state index contributed by atoms with van der Waals surface area (Å²) < 4.78 is 3.00. The fourth-order valence-electron chi connectivity index (χ4n) is 5.96. The summed E-state index contributed by atoms with van der Waals surface area (Å²) >= 11 is 3.92. The van der Waals surface area contributed by atoms with Gasteiger partial charge >= 0.3 is 240 Å². The summed E-state index contributed by atoms with van der Waals surface area (Å²) in [7, 11) is 0. The van der Waals surface area contributed by atoms with Crippen molar-refractivity contribution in [3.05, 3.63) is 120 Å². The normalized spacial score (nSPS) is 12.1. The molecule has 6 aromatic carbocycles. The molecule has 0 saturated heterocycles. The maximum absolute atomic E-state index is 2.45. The molecule has 39 heavy (non-hydrogen) atoms. The van der Waals surface area contributed by atoms with Crippen molar-refractivity contribution < 1.29 is 0 Å². The molecule has 0 amide bonds. The molecule has 0 aliphatic heterocycles. The first kappa shape index (κ1) is 22.1. The molecule has 0 unspecified atom stereocenters. The van der Waals surface area contributed by atoms with Gasteiger partial charge in [0.1, 0.15) is 0 Å². The van der Waals surface area contributed by atoms with E-state index < -0.39 is 0 Å². The molecule has 0 saturated carbocycles. The van der Waals surface area contributed by atoms with Gasteiger partial charge in [0, 0.05) is 0 Å². The van der Waals surface area contributed by atoms with Gasteiger partial charge in [0.25, 0.3) is 0 Å². The van der Waals surface area contributed by atoms with Crippen molar-refractivity contribution in [1.82, 2.24) is 0 Å². The van der Waals surface area contributed by atoms with Crippen molar-refractivity contribution in [3.8, 4) is 20.9 Å². The molecule has 0 atom stereocenters. The second-order valence-corrected chi connectivity index (χ2v) is 14.4. The molecule has 0 radical (unpaired) electrons. The molecule has 0 aliphatic rings. The Hall–Kier alpha value is -3.72. The topological polar surface area (TPSA) is 0 Å². The van der Waals surface area contributed by atoms with Crippen LogP contribution in [0.1, 0.15) is 0 Å². The number of hydrogen-bond donors (Lipinski definition) is 0. The quantitative estimate of drug-likeness (QED) is 0.138. The first-order chi connectivity index (χ1) is 19.2. The number of benzene rings is 6. The van der Waals surface area contributed by atoms with Crippen LogP contribution in [0.5, 0.6) is 0 Å². The van der Waals surface area contributed by atoms with Gasteiger partial charge in [-0.15, -0.1) is 0 Å². The molecule has 0 spiro atoms. The second-order valence-electron chi connectivity index (χ2n) is 10.3. The third kappa shape index (κ3) is 3.55. The monoisotopic (exact) mass is 596 g/mol. The van der Waals surface area contributed by atoms with Crippen molar-refractivity contribution in [2.75, 3.05) is 0 Å². The first-order valence-corrected chi connectivity index (χ1v) is 16.5. The molecule has 0 nitrogen and oxygen atoms in total. The van der Waals surface area contributed by atoms with Crippen LogP contribution in [0.25, 0.3) is 83.3 Å². The summed E-state index contributed by atoms with van der Waals surface area (Å²) in [5.74, 6) is 0. The fourth-order valence-corrected chi connectivity index (χ4v) is 9.85. The van der Waals surface area contributed by atoms with E-state index in [0.717, 1.165) is 0 Å². The third-order valence-corrected chi connectivity index (χ3v) is 12.1. The van der Waals surface area contributed by atoms with Gasteiger partial charge in [-0.3, -0.25) is 0 Å². The molecule has 0 bridgehead atoms. The predicted octanol–water partition coefficient (Wildman–Crippen LogP) is 11.1. The van der Waals surface area contributed by atoms with E-state index in [1.807, 2.05) is 0 Å². The van der Waals surface area contributed by atoms with E-state index in [1.165, 1.54) is 83.3 Å². The van der Waals surface area contributed by atoms with Crippen molar-refractivity contribution in [3.63, 3.8) is 0 Å². The van der Waals surface area contributed by atoms with Gasteiger partial charge in [-0.2, -0.15) is 0 Å². The first-order valence-electron chi connectivity index (χ1n) is 13.0. The Labute approximate surface area is 239 Å². The minimum atomic E-state index is 0.322. The minimum absolute atomic E-state index is 0.322. The number of rotatable bonds is 2. The summed E-state index contributed by atoms with van der Waals surface area (Å²) in [5.41, 5.74) is 2.60. The van der Waals surface area contributed by atoms with Gasteiger partial charge in [-0.05, 0) is 0 Å². The van der Waals surface area contributed by atoms with E-state index in [4.69, 9.17) is 0 Å². The molecular weight excluding hydrogens is 575 g/mol. The Balaban J connectivity index is 1.25. The summed E-state index contributed by atoms with van der Waals surface area (Å²) in [6, 6.07) is 41.7. The SMILES string of the molecule is c1csc(-c2ccc3cc4cc5[se]c6cc7cc8ccc(-c9cccs9)cc8cc7cc6c5cc4cc3c2)c1. The van der Waals surface area contributed by atoms with Crippen LogP contribution in [0, 0.1) is 0 Å². The van der Waals surface area contributed by atoms with Gasteiger partial charge < -0.3 is 0 Å². The molecule has 3 heteroatoms. The van der Waals surface area contributed by atoms with E-state index >= 15 is 0 Å². The zero-order valence-corrected chi connectivity index (χ0v) is 24.1. The van der Waals surface area contributed by atoms with E-state index in [9.17, 15) is 0 Å². The van der Waals surface area contributed by atoms with Crippen LogP contribution in [-0.4, -0.2) is 14.5 Å². The van der Waals surface area contributed by atoms with Crippen molar-refractivity contribution in [2.45, 2.75) is 0 Å². The van der Waals surface area contributed by atoms with Crippen molar-refractivity contribution >= 4 is 99.6 Å². The molecular formula is C36H20S2Se. The third-order valence-electron chi connectivity index (χ3n) is 7.91. The van der Waals surface area contributed by atoms with Crippen LogP contribution in [-0.2, 0) is 0 Å². The molecule has 0 aliphatic carbocycles.